The Morgan fingerprint density at radius 3 is 2.00 bits per heavy atom. The summed E-state index contributed by atoms with van der Waals surface area (Å²) in [5.41, 5.74) is 1.19. The van der Waals surface area contributed by atoms with Crippen LogP contribution in [0.25, 0.3) is 0 Å². The Labute approximate surface area is 69.3 Å². The van der Waals surface area contributed by atoms with Crippen molar-refractivity contribution in [1.82, 2.24) is 9.55 Å². The quantitative estimate of drug-likeness (QED) is 0.607. The van der Waals surface area contributed by atoms with Crippen LogP contribution < -0.4 is 0 Å². The van der Waals surface area contributed by atoms with Gasteiger partial charge in [-0.3, -0.25) is 0 Å². The number of nitrogens with zero attached hydrogens (tertiary/aromatic N) is 2. The Balaban J connectivity index is 0.000000218. The summed E-state index contributed by atoms with van der Waals surface area (Å²) in [6.07, 6.45) is 6.26. The van der Waals surface area contributed by atoms with Gasteiger partial charge in [0.15, 0.2) is 0 Å². The lowest BCUT2D eigenvalue weighted by atomic mass is 10.4. The number of imidazole rings is 1. The molecule has 0 amide bonds. The number of aryl methyl sites for hydroxylation is 2. The van der Waals surface area contributed by atoms with Gasteiger partial charge in [0.25, 0.3) is 0 Å². The van der Waals surface area contributed by atoms with Crippen molar-refractivity contribution in [2.75, 3.05) is 0 Å². The van der Waals surface area contributed by atoms with E-state index in [4.69, 9.17) is 0 Å². The molecule has 0 spiro atoms. The van der Waals surface area contributed by atoms with Crippen molar-refractivity contribution in [2.24, 2.45) is 7.05 Å². The molecule has 0 aliphatic carbocycles. The van der Waals surface area contributed by atoms with Gasteiger partial charge in [-0.2, -0.15) is 0 Å². The fourth-order valence-electron chi connectivity index (χ4n) is 0.423. The Morgan fingerprint density at radius 1 is 1.36 bits per heavy atom. The zero-order chi connectivity index (χ0) is 8.69. The summed E-state index contributed by atoms with van der Waals surface area (Å²) in [4.78, 5) is 3.88. The van der Waals surface area contributed by atoms with Crippen LogP contribution in [-0.4, -0.2) is 9.55 Å². The summed E-state index contributed by atoms with van der Waals surface area (Å²) in [6.45, 7) is 6.38. The molecule has 0 aromatic carbocycles. The SMILES string of the molecule is CCCC.Cc1cncn1C. The van der Waals surface area contributed by atoms with Crippen molar-refractivity contribution in [3.63, 3.8) is 0 Å². The molecule has 0 aliphatic heterocycles. The number of hydrogen-bond acceptors (Lipinski definition) is 1. The summed E-state index contributed by atoms with van der Waals surface area (Å²) >= 11 is 0. The number of hydrogen-bond donors (Lipinski definition) is 0. The molecule has 0 saturated heterocycles. The van der Waals surface area contributed by atoms with E-state index in [-0.39, 0.29) is 0 Å². The zero-order valence-corrected chi connectivity index (χ0v) is 7.96. The van der Waals surface area contributed by atoms with Gasteiger partial charge in [-0.05, 0) is 6.92 Å². The molecule has 0 aliphatic rings. The fourth-order valence-corrected chi connectivity index (χ4v) is 0.423. The largest absolute Gasteiger partial charge is 0.338 e. The lowest BCUT2D eigenvalue weighted by Crippen LogP contribution is -1.84. The van der Waals surface area contributed by atoms with Gasteiger partial charge in [0.1, 0.15) is 0 Å². The van der Waals surface area contributed by atoms with Gasteiger partial charge in [-0.1, -0.05) is 26.7 Å². The molecule has 0 radical (unpaired) electrons. The van der Waals surface area contributed by atoms with Gasteiger partial charge in [0.2, 0.25) is 0 Å². The predicted molar refractivity (Wildman–Crippen MR) is 48.5 cm³/mol. The maximum Gasteiger partial charge on any atom is 0.0945 e. The van der Waals surface area contributed by atoms with Crippen LogP contribution in [0.2, 0.25) is 0 Å². The molecule has 0 unspecified atom stereocenters. The third-order valence-electron chi connectivity index (χ3n) is 1.56. The van der Waals surface area contributed by atoms with Crippen molar-refractivity contribution in [3.8, 4) is 0 Å². The monoisotopic (exact) mass is 154 g/mol. The lowest BCUT2D eigenvalue weighted by molar-refractivity contribution is 0.873. The molecule has 0 saturated carbocycles. The van der Waals surface area contributed by atoms with Crippen molar-refractivity contribution < 1.29 is 0 Å². The average molecular weight is 154 g/mol. The number of unbranched alkanes of at least 4 members (excludes halogenated alkanes) is 1. The third-order valence-corrected chi connectivity index (χ3v) is 1.56. The van der Waals surface area contributed by atoms with Gasteiger partial charge >= 0.3 is 0 Å². The molecule has 0 atom stereocenters. The first-order valence-corrected chi connectivity index (χ1v) is 4.15. The zero-order valence-electron chi connectivity index (χ0n) is 7.96. The molecule has 11 heavy (non-hydrogen) atoms. The van der Waals surface area contributed by atoms with Crippen LogP contribution >= 0.6 is 0 Å². The molecule has 2 nitrogen and oxygen atoms in total. The van der Waals surface area contributed by atoms with Crippen molar-refractivity contribution >= 4 is 0 Å². The van der Waals surface area contributed by atoms with Crippen LogP contribution in [0.3, 0.4) is 0 Å². The molecule has 64 valence electrons. The average Bonchev–Trinajstić information content (AvgIpc) is 2.37. The standard InChI is InChI=1S/C5H8N2.C4H10/c1-5-3-6-4-7(5)2;1-3-4-2/h3-4H,1-2H3;3-4H2,1-2H3. The molecule has 1 rings (SSSR count). The van der Waals surface area contributed by atoms with Gasteiger partial charge in [0, 0.05) is 18.9 Å². The molecule has 0 N–H and O–H groups in total. The van der Waals surface area contributed by atoms with Gasteiger partial charge < -0.3 is 4.57 Å². The maximum absolute atomic E-state index is 3.88. The summed E-state index contributed by atoms with van der Waals surface area (Å²) in [5.74, 6) is 0. The molecule has 0 fully saturated rings. The summed E-state index contributed by atoms with van der Waals surface area (Å²) in [6, 6.07) is 0. The van der Waals surface area contributed by atoms with E-state index < -0.39 is 0 Å². The smallest absolute Gasteiger partial charge is 0.0945 e. The van der Waals surface area contributed by atoms with E-state index >= 15 is 0 Å². The molecule has 1 aromatic rings. The Hall–Kier alpha value is -0.790. The van der Waals surface area contributed by atoms with Gasteiger partial charge in [-0.25, -0.2) is 4.98 Å². The highest BCUT2D eigenvalue weighted by atomic mass is 15.0. The number of rotatable bonds is 1. The van der Waals surface area contributed by atoms with E-state index in [9.17, 15) is 0 Å². The third kappa shape index (κ3) is 4.59. The minimum absolute atomic E-state index is 1.19. The van der Waals surface area contributed by atoms with Crippen LogP contribution in [0, 0.1) is 6.92 Å². The highest BCUT2D eigenvalue weighted by molar-refractivity contribution is 4.91. The molecular formula is C9H18N2. The second-order valence-electron chi connectivity index (χ2n) is 2.65. The fraction of sp³-hybridized carbons (Fsp3) is 0.667. The second kappa shape index (κ2) is 5.96. The summed E-state index contributed by atoms with van der Waals surface area (Å²) < 4.78 is 1.97. The highest BCUT2D eigenvalue weighted by Gasteiger charge is 1.83. The number of aromatic nitrogens is 2. The molecule has 2 heteroatoms. The molecule has 1 heterocycles. The van der Waals surface area contributed by atoms with Crippen molar-refractivity contribution in [2.45, 2.75) is 33.6 Å². The predicted octanol–water partition coefficient (Wildman–Crippen LogP) is 2.53. The minimum Gasteiger partial charge on any atom is -0.338 e. The van der Waals surface area contributed by atoms with Crippen molar-refractivity contribution in [1.29, 1.82) is 0 Å². The van der Waals surface area contributed by atoms with E-state index in [1.165, 1.54) is 18.5 Å². The van der Waals surface area contributed by atoms with E-state index in [0.29, 0.717) is 0 Å². The molecule has 0 bridgehead atoms. The van der Waals surface area contributed by atoms with E-state index in [1.54, 1.807) is 6.33 Å². The molecule has 1 aromatic heterocycles. The topological polar surface area (TPSA) is 17.8 Å². The molecular weight excluding hydrogens is 136 g/mol. The highest BCUT2D eigenvalue weighted by Crippen LogP contribution is 1.88. The summed E-state index contributed by atoms with van der Waals surface area (Å²) in [7, 11) is 1.97. The van der Waals surface area contributed by atoms with Gasteiger partial charge in [0.05, 0.1) is 6.33 Å². The van der Waals surface area contributed by atoms with Crippen LogP contribution in [-0.2, 0) is 7.05 Å². The van der Waals surface area contributed by atoms with Crippen LogP contribution in [0.15, 0.2) is 12.5 Å². The Kier molecular flexibility index (Phi) is 5.53. The Bertz CT molecular complexity index is 161. The normalized spacial score (nSPS) is 8.73. The minimum atomic E-state index is 1.19. The lowest BCUT2D eigenvalue weighted by Gasteiger charge is -1.87. The van der Waals surface area contributed by atoms with Crippen LogP contribution in [0.4, 0.5) is 0 Å². The van der Waals surface area contributed by atoms with Crippen LogP contribution in [0.1, 0.15) is 32.4 Å². The first-order chi connectivity index (χ1) is 5.22. The van der Waals surface area contributed by atoms with E-state index in [0.717, 1.165) is 0 Å². The van der Waals surface area contributed by atoms with E-state index in [2.05, 4.69) is 18.8 Å². The second-order valence-corrected chi connectivity index (χ2v) is 2.65. The first-order valence-electron chi connectivity index (χ1n) is 4.15. The van der Waals surface area contributed by atoms with Crippen LogP contribution in [0.5, 0.6) is 0 Å². The van der Waals surface area contributed by atoms with E-state index in [1.807, 2.05) is 24.7 Å². The Morgan fingerprint density at radius 2 is 1.91 bits per heavy atom. The maximum atomic E-state index is 3.88. The van der Waals surface area contributed by atoms with Gasteiger partial charge in [-0.15, -0.1) is 0 Å². The first kappa shape index (κ1) is 10.2. The summed E-state index contributed by atoms with van der Waals surface area (Å²) in [5, 5.41) is 0. The van der Waals surface area contributed by atoms with Crippen molar-refractivity contribution in [3.05, 3.63) is 18.2 Å².